The molecule has 0 saturated heterocycles. The Labute approximate surface area is 107 Å². The van der Waals surface area contributed by atoms with Crippen molar-refractivity contribution in [3.63, 3.8) is 0 Å². The number of benzene rings is 1. The molecule has 0 amide bonds. The van der Waals surface area contributed by atoms with Gasteiger partial charge in [0.05, 0.1) is 0 Å². The lowest BCUT2D eigenvalue weighted by molar-refractivity contribution is 0.331. The van der Waals surface area contributed by atoms with E-state index in [4.69, 9.17) is 5.73 Å². The Morgan fingerprint density at radius 2 is 1.88 bits per heavy atom. The summed E-state index contributed by atoms with van der Waals surface area (Å²) in [7, 11) is 2.16. The summed E-state index contributed by atoms with van der Waals surface area (Å²) >= 11 is 1.76. The molecular formula is C14H18N2S. The Balaban J connectivity index is 1.79. The standard InChI is InChI=1S/C14H18N2S/c1-16(10-13-7-9-17-11-13)8-6-12-2-4-14(15)5-3-12/h2-5,7,9,11H,6,8,10,15H2,1H3. The van der Waals surface area contributed by atoms with E-state index in [0.717, 1.165) is 25.2 Å². The number of nitrogens with two attached hydrogens (primary N) is 1. The molecule has 17 heavy (non-hydrogen) atoms. The second-order valence-corrected chi connectivity index (χ2v) is 5.14. The van der Waals surface area contributed by atoms with E-state index >= 15 is 0 Å². The molecule has 0 spiro atoms. The predicted molar refractivity (Wildman–Crippen MR) is 75.2 cm³/mol. The Bertz CT molecular complexity index is 434. The van der Waals surface area contributed by atoms with Gasteiger partial charge in [0.2, 0.25) is 0 Å². The van der Waals surface area contributed by atoms with E-state index in [1.54, 1.807) is 11.3 Å². The van der Waals surface area contributed by atoms with Gasteiger partial charge >= 0.3 is 0 Å². The minimum atomic E-state index is 0.834. The molecule has 2 rings (SSSR count). The highest BCUT2D eigenvalue weighted by Crippen LogP contribution is 2.10. The third kappa shape index (κ3) is 3.88. The smallest absolute Gasteiger partial charge is 0.0314 e. The Morgan fingerprint density at radius 1 is 1.12 bits per heavy atom. The van der Waals surface area contributed by atoms with Crippen LogP contribution in [-0.4, -0.2) is 18.5 Å². The molecule has 2 N–H and O–H groups in total. The van der Waals surface area contributed by atoms with Crippen LogP contribution >= 0.6 is 11.3 Å². The maximum Gasteiger partial charge on any atom is 0.0314 e. The molecule has 0 aliphatic rings. The normalized spacial score (nSPS) is 10.9. The summed E-state index contributed by atoms with van der Waals surface area (Å²) in [5.74, 6) is 0. The van der Waals surface area contributed by atoms with Crippen molar-refractivity contribution in [1.82, 2.24) is 4.90 Å². The van der Waals surface area contributed by atoms with Gasteiger partial charge in [0, 0.05) is 18.8 Å². The molecule has 3 heteroatoms. The topological polar surface area (TPSA) is 29.3 Å². The van der Waals surface area contributed by atoms with Crippen LogP contribution in [0.15, 0.2) is 41.1 Å². The van der Waals surface area contributed by atoms with Crippen molar-refractivity contribution in [2.24, 2.45) is 0 Å². The van der Waals surface area contributed by atoms with Crippen molar-refractivity contribution in [1.29, 1.82) is 0 Å². The summed E-state index contributed by atoms with van der Waals surface area (Å²) in [6.45, 7) is 2.10. The second kappa shape index (κ2) is 5.84. The van der Waals surface area contributed by atoms with Gasteiger partial charge in [-0.05, 0) is 53.6 Å². The van der Waals surface area contributed by atoms with Crippen molar-refractivity contribution in [2.75, 3.05) is 19.3 Å². The van der Waals surface area contributed by atoms with E-state index in [1.807, 2.05) is 12.1 Å². The number of nitrogen functional groups attached to an aromatic ring is 1. The van der Waals surface area contributed by atoms with Crippen molar-refractivity contribution in [2.45, 2.75) is 13.0 Å². The molecular weight excluding hydrogens is 228 g/mol. The maximum atomic E-state index is 5.66. The van der Waals surface area contributed by atoms with Gasteiger partial charge in [0.25, 0.3) is 0 Å². The largest absolute Gasteiger partial charge is 0.399 e. The van der Waals surface area contributed by atoms with Crippen LogP contribution < -0.4 is 5.73 Å². The first-order valence-corrected chi connectivity index (χ1v) is 6.72. The molecule has 0 aliphatic carbocycles. The molecule has 1 aromatic carbocycles. The zero-order valence-corrected chi connectivity index (χ0v) is 10.9. The SMILES string of the molecule is CN(CCc1ccc(N)cc1)Cc1ccsc1. The van der Waals surface area contributed by atoms with E-state index in [0.29, 0.717) is 0 Å². The van der Waals surface area contributed by atoms with Crippen LogP contribution in [0.4, 0.5) is 5.69 Å². The minimum absolute atomic E-state index is 0.834. The van der Waals surface area contributed by atoms with Gasteiger partial charge in [-0.3, -0.25) is 0 Å². The average molecular weight is 246 g/mol. The monoisotopic (exact) mass is 246 g/mol. The minimum Gasteiger partial charge on any atom is -0.399 e. The molecule has 1 heterocycles. The van der Waals surface area contributed by atoms with E-state index in [2.05, 4.69) is 40.9 Å². The number of anilines is 1. The van der Waals surface area contributed by atoms with Crippen LogP contribution in [0, 0.1) is 0 Å². The molecule has 0 aliphatic heterocycles. The lowest BCUT2D eigenvalue weighted by atomic mass is 10.1. The number of nitrogens with zero attached hydrogens (tertiary/aromatic N) is 1. The molecule has 0 fully saturated rings. The molecule has 0 bridgehead atoms. The van der Waals surface area contributed by atoms with Crippen LogP contribution in [0.5, 0.6) is 0 Å². The van der Waals surface area contributed by atoms with Crippen molar-refractivity contribution < 1.29 is 0 Å². The van der Waals surface area contributed by atoms with E-state index in [9.17, 15) is 0 Å². The third-order valence-corrected chi connectivity index (χ3v) is 3.53. The number of hydrogen-bond acceptors (Lipinski definition) is 3. The lowest BCUT2D eigenvalue weighted by Crippen LogP contribution is -2.20. The summed E-state index contributed by atoms with van der Waals surface area (Å²) in [5, 5.41) is 4.34. The zero-order chi connectivity index (χ0) is 12.1. The molecule has 0 radical (unpaired) electrons. The fraction of sp³-hybridized carbons (Fsp3) is 0.286. The predicted octanol–water partition coefficient (Wildman–Crippen LogP) is 3.00. The quantitative estimate of drug-likeness (QED) is 0.822. The van der Waals surface area contributed by atoms with Crippen LogP contribution in [0.1, 0.15) is 11.1 Å². The first kappa shape index (κ1) is 12.1. The Morgan fingerprint density at radius 3 is 2.53 bits per heavy atom. The van der Waals surface area contributed by atoms with Crippen LogP contribution in [0.2, 0.25) is 0 Å². The summed E-state index contributed by atoms with van der Waals surface area (Å²) in [6.07, 6.45) is 1.07. The van der Waals surface area contributed by atoms with Crippen LogP contribution in [0.3, 0.4) is 0 Å². The second-order valence-electron chi connectivity index (χ2n) is 4.36. The zero-order valence-electron chi connectivity index (χ0n) is 10.1. The number of likely N-dealkylation sites (N-methyl/N-ethyl adjacent to an activating group) is 1. The third-order valence-electron chi connectivity index (χ3n) is 2.79. The molecule has 90 valence electrons. The van der Waals surface area contributed by atoms with Crippen LogP contribution in [-0.2, 0) is 13.0 Å². The molecule has 2 nitrogen and oxygen atoms in total. The lowest BCUT2D eigenvalue weighted by Gasteiger charge is -2.15. The fourth-order valence-electron chi connectivity index (χ4n) is 1.78. The van der Waals surface area contributed by atoms with Gasteiger partial charge in [0.1, 0.15) is 0 Å². The average Bonchev–Trinajstić information content (AvgIpc) is 2.81. The summed E-state index contributed by atoms with van der Waals surface area (Å²) in [4.78, 5) is 2.35. The molecule has 0 saturated carbocycles. The summed E-state index contributed by atoms with van der Waals surface area (Å²) < 4.78 is 0. The number of thiophene rings is 1. The number of hydrogen-bond donors (Lipinski definition) is 1. The van der Waals surface area contributed by atoms with Crippen LogP contribution in [0.25, 0.3) is 0 Å². The van der Waals surface area contributed by atoms with Crippen molar-refractivity contribution in [3.8, 4) is 0 Å². The molecule has 1 aromatic heterocycles. The number of rotatable bonds is 5. The molecule has 2 aromatic rings. The highest BCUT2D eigenvalue weighted by Gasteiger charge is 2.01. The van der Waals surface area contributed by atoms with Crippen molar-refractivity contribution >= 4 is 17.0 Å². The Kier molecular flexibility index (Phi) is 4.18. The van der Waals surface area contributed by atoms with Gasteiger partial charge in [-0.1, -0.05) is 12.1 Å². The first-order valence-electron chi connectivity index (χ1n) is 5.78. The highest BCUT2D eigenvalue weighted by atomic mass is 32.1. The van der Waals surface area contributed by atoms with E-state index in [1.165, 1.54) is 11.1 Å². The van der Waals surface area contributed by atoms with Gasteiger partial charge in [-0.2, -0.15) is 11.3 Å². The van der Waals surface area contributed by atoms with Crippen molar-refractivity contribution in [3.05, 3.63) is 52.2 Å². The van der Waals surface area contributed by atoms with Gasteiger partial charge < -0.3 is 10.6 Å². The highest BCUT2D eigenvalue weighted by molar-refractivity contribution is 7.07. The molecule has 0 unspecified atom stereocenters. The summed E-state index contributed by atoms with van der Waals surface area (Å²) in [5.41, 5.74) is 9.24. The van der Waals surface area contributed by atoms with Gasteiger partial charge in [0.15, 0.2) is 0 Å². The summed E-state index contributed by atoms with van der Waals surface area (Å²) in [6, 6.07) is 10.3. The fourth-order valence-corrected chi connectivity index (χ4v) is 2.44. The maximum absolute atomic E-state index is 5.66. The van der Waals surface area contributed by atoms with Gasteiger partial charge in [-0.25, -0.2) is 0 Å². The Hall–Kier alpha value is -1.32. The van der Waals surface area contributed by atoms with E-state index < -0.39 is 0 Å². The van der Waals surface area contributed by atoms with E-state index in [-0.39, 0.29) is 0 Å². The van der Waals surface area contributed by atoms with Gasteiger partial charge in [-0.15, -0.1) is 0 Å². The molecule has 0 atom stereocenters. The first-order chi connectivity index (χ1) is 8.24.